The molecule has 150 valence electrons. The molecule has 0 aliphatic carbocycles. The van der Waals surface area contributed by atoms with E-state index >= 15 is 0 Å². The average Bonchev–Trinajstić information content (AvgIpc) is 2.65. The third-order valence-electron chi connectivity index (χ3n) is 4.31. The van der Waals surface area contributed by atoms with Gasteiger partial charge in [-0.1, -0.05) is 24.3 Å². The number of dihydropyridines is 1. The molecule has 0 saturated carbocycles. The Morgan fingerprint density at radius 2 is 1.68 bits per heavy atom. The van der Waals surface area contributed by atoms with E-state index in [1.807, 2.05) is 0 Å². The summed E-state index contributed by atoms with van der Waals surface area (Å²) in [6.07, 6.45) is 0. The van der Waals surface area contributed by atoms with Crippen LogP contribution in [-0.4, -0.2) is 30.7 Å². The molecule has 1 aromatic rings. The van der Waals surface area contributed by atoms with Crippen molar-refractivity contribution >= 4 is 11.9 Å². The minimum atomic E-state index is -0.868. The van der Waals surface area contributed by atoms with Crippen LogP contribution in [0.5, 0.6) is 0 Å². The van der Waals surface area contributed by atoms with Crippen LogP contribution in [0.2, 0.25) is 0 Å². The summed E-state index contributed by atoms with van der Waals surface area (Å²) < 4.78 is 10.1. The first-order valence-electron chi connectivity index (χ1n) is 8.60. The van der Waals surface area contributed by atoms with Crippen molar-refractivity contribution in [1.29, 1.82) is 0 Å². The number of hydrogen-bond donors (Lipinski definition) is 1. The van der Waals surface area contributed by atoms with E-state index in [0.717, 1.165) is 0 Å². The minimum absolute atomic E-state index is 0.190. The summed E-state index contributed by atoms with van der Waals surface area (Å²) in [5.74, 6) is -1.80. The van der Waals surface area contributed by atoms with Crippen LogP contribution in [0.1, 0.15) is 37.8 Å². The summed E-state index contributed by atoms with van der Waals surface area (Å²) in [7, 11) is 1.27. The van der Waals surface area contributed by atoms with Crippen molar-refractivity contribution in [2.75, 3.05) is 13.7 Å². The molecule has 2 rings (SSSR count). The Morgan fingerprint density at radius 1 is 1.11 bits per heavy atom. The van der Waals surface area contributed by atoms with Crippen molar-refractivity contribution in [3.8, 4) is 0 Å². The van der Waals surface area contributed by atoms with Crippen LogP contribution >= 0.6 is 0 Å². The molecule has 0 unspecified atom stereocenters. The van der Waals surface area contributed by atoms with Gasteiger partial charge in [-0.05, 0) is 31.9 Å². The van der Waals surface area contributed by atoms with Gasteiger partial charge in [0.1, 0.15) is 6.61 Å². The quantitative estimate of drug-likeness (QED) is 0.428. The van der Waals surface area contributed by atoms with Gasteiger partial charge in [0.25, 0.3) is 5.09 Å². The van der Waals surface area contributed by atoms with Crippen LogP contribution in [0.3, 0.4) is 0 Å². The molecule has 1 aliphatic rings. The molecule has 9 nitrogen and oxygen atoms in total. The molecule has 9 heteroatoms. The Balaban J connectivity index is 2.50. The Bertz CT molecular complexity index is 840. The fourth-order valence-corrected chi connectivity index (χ4v) is 3.12. The van der Waals surface area contributed by atoms with Crippen LogP contribution in [-0.2, 0) is 30.5 Å². The first-order valence-corrected chi connectivity index (χ1v) is 8.60. The van der Waals surface area contributed by atoms with E-state index in [2.05, 4.69) is 10.2 Å². The predicted octanol–water partition coefficient (Wildman–Crippen LogP) is 2.37. The molecule has 0 radical (unpaired) electrons. The number of ether oxygens (including phenoxy) is 2. The first-order chi connectivity index (χ1) is 13.3. The lowest BCUT2D eigenvalue weighted by Crippen LogP contribution is -2.32. The number of allylic oxidation sites excluding steroid dienone is 2. The van der Waals surface area contributed by atoms with Gasteiger partial charge >= 0.3 is 11.9 Å². The molecule has 0 bridgehead atoms. The number of nitrogens with one attached hydrogen (secondary N) is 1. The summed E-state index contributed by atoms with van der Waals surface area (Å²) in [6.45, 7) is 5.15. The third-order valence-corrected chi connectivity index (χ3v) is 4.31. The highest BCUT2D eigenvalue weighted by Crippen LogP contribution is 2.39. The number of rotatable bonds is 7. The summed E-state index contributed by atoms with van der Waals surface area (Å²) in [4.78, 5) is 39.8. The van der Waals surface area contributed by atoms with E-state index in [-0.39, 0.29) is 13.2 Å². The maximum Gasteiger partial charge on any atom is 0.336 e. The predicted molar refractivity (Wildman–Crippen MR) is 98.2 cm³/mol. The highest BCUT2D eigenvalue weighted by molar-refractivity contribution is 5.99. The highest BCUT2D eigenvalue weighted by Gasteiger charge is 2.37. The van der Waals surface area contributed by atoms with E-state index in [1.165, 1.54) is 7.11 Å². The van der Waals surface area contributed by atoms with Gasteiger partial charge in [-0.15, -0.1) is 10.1 Å². The minimum Gasteiger partial charge on any atom is -0.466 e. The smallest absolute Gasteiger partial charge is 0.336 e. The van der Waals surface area contributed by atoms with E-state index in [0.29, 0.717) is 33.7 Å². The van der Waals surface area contributed by atoms with Gasteiger partial charge in [0.2, 0.25) is 0 Å². The second-order valence-corrected chi connectivity index (χ2v) is 6.09. The number of benzene rings is 1. The first kappa shape index (κ1) is 20.9. The van der Waals surface area contributed by atoms with Gasteiger partial charge in [-0.3, -0.25) is 0 Å². The molecule has 0 fully saturated rings. The SMILES string of the molecule is CCOC(=O)C1=C(C)NC(C)=C(C(=O)OC)[C@@H]1c1ccc(CO[N+](=O)[O-])cc1. The van der Waals surface area contributed by atoms with Crippen molar-refractivity contribution in [2.24, 2.45) is 0 Å². The van der Waals surface area contributed by atoms with E-state index in [9.17, 15) is 19.7 Å². The second kappa shape index (κ2) is 9.03. The standard InChI is InChI=1S/C19H22N2O7/c1-5-27-19(23)16-12(3)20-11(2)15(18(22)26-4)17(16)14-8-6-13(7-9-14)10-28-21(24)25/h6-9,17,20H,5,10H2,1-4H3/t17-/m0/s1. The van der Waals surface area contributed by atoms with Crippen molar-refractivity contribution in [3.63, 3.8) is 0 Å². The molecule has 0 saturated heterocycles. The van der Waals surface area contributed by atoms with Crippen LogP contribution < -0.4 is 5.32 Å². The van der Waals surface area contributed by atoms with Gasteiger partial charge in [0.05, 0.1) is 30.8 Å². The second-order valence-electron chi connectivity index (χ2n) is 6.09. The Hall–Kier alpha value is -3.36. The number of nitrogens with zero attached hydrogens (tertiary/aromatic N) is 1. The summed E-state index contributed by atoms with van der Waals surface area (Å²) in [5.41, 5.74) is 2.98. The molecule has 0 spiro atoms. The molecule has 28 heavy (non-hydrogen) atoms. The fourth-order valence-electron chi connectivity index (χ4n) is 3.12. The molecule has 1 N–H and O–H groups in total. The van der Waals surface area contributed by atoms with Crippen LogP contribution in [0.25, 0.3) is 0 Å². The van der Waals surface area contributed by atoms with Crippen molar-refractivity contribution < 1.29 is 29.0 Å². The summed E-state index contributed by atoms with van der Waals surface area (Å²) in [5, 5.41) is 12.5. The third kappa shape index (κ3) is 4.48. The van der Waals surface area contributed by atoms with Crippen LogP contribution in [0.4, 0.5) is 0 Å². The van der Waals surface area contributed by atoms with E-state index in [4.69, 9.17) is 9.47 Å². The number of carbonyl (C=O) groups is 2. The van der Waals surface area contributed by atoms with E-state index in [1.54, 1.807) is 45.0 Å². The fraction of sp³-hybridized carbons (Fsp3) is 0.368. The Labute approximate surface area is 162 Å². The lowest BCUT2D eigenvalue weighted by Gasteiger charge is -2.30. The van der Waals surface area contributed by atoms with Crippen LogP contribution in [0, 0.1) is 10.1 Å². The van der Waals surface area contributed by atoms with Gasteiger partial charge in [-0.25, -0.2) is 9.59 Å². The van der Waals surface area contributed by atoms with Crippen molar-refractivity contribution in [1.82, 2.24) is 5.32 Å². The van der Waals surface area contributed by atoms with Gasteiger partial charge in [0.15, 0.2) is 0 Å². The monoisotopic (exact) mass is 390 g/mol. The Kier molecular flexibility index (Phi) is 6.75. The maximum atomic E-state index is 12.6. The molecule has 1 aromatic carbocycles. The topological polar surface area (TPSA) is 117 Å². The van der Waals surface area contributed by atoms with Gasteiger partial charge in [0, 0.05) is 11.4 Å². The van der Waals surface area contributed by atoms with Crippen molar-refractivity contribution in [3.05, 3.63) is 68.0 Å². The molecular formula is C19H22N2O7. The highest BCUT2D eigenvalue weighted by atomic mass is 16.9. The van der Waals surface area contributed by atoms with Gasteiger partial charge < -0.3 is 19.6 Å². The number of esters is 2. The normalized spacial score (nSPS) is 16.4. The molecular weight excluding hydrogens is 368 g/mol. The van der Waals surface area contributed by atoms with Crippen molar-refractivity contribution in [2.45, 2.75) is 33.3 Å². The zero-order valence-corrected chi connectivity index (χ0v) is 16.1. The zero-order valence-electron chi connectivity index (χ0n) is 16.1. The maximum absolute atomic E-state index is 12.6. The number of methoxy groups -OCH3 is 1. The Morgan fingerprint density at radius 3 is 2.18 bits per heavy atom. The molecule has 0 aromatic heterocycles. The molecule has 1 atom stereocenters. The molecule has 1 aliphatic heterocycles. The van der Waals surface area contributed by atoms with Crippen LogP contribution in [0.15, 0.2) is 46.8 Å². The number of hydrogen-bond acceptors (Lipinski definition) is 8. The summed E-state index contributed by atoms with van der Waals surface area (Å²) >= 11 is 0. The lowest BCUT2D eigenvalue weighted by atomic mass is 9.80. The zero-order chi connectivity index (χ0) is 20.8. The molecule has 1 heterocycles. The lowest BCUT2D eigenvalue weighted by molar-refractivity contribution is -0.763. The number of carbonyl (C=O) groups excluding carboxylic acids is 2. The van der Waals surface area contributed by atoms with Gasteiger partial charge in [-0.2, -0.15) is 0 Å². The molecule has 0 amide bonds. The summed E-state index contributed by atoms with van der Waals surface area (Å²) in [6, 6.07) is 6.67. The van der Waals surface area contributed by atoms with E-state index < -0.39 is 22.9 Å². The average molecular weight is 390 g/mol. The largest absolute Gasteiger partial charge is 0.466 e.